The number of carbonyl (C=O) groups is 1. The van der Waals surface area contributed by atoms with Crippen molar-refractivity contribution in [3.05, 3.63) is 75.5 Å². The van der Waals surface area contributed by atoms with Gasteiger partial charge in [-0.15, -0.1) is 0 Å². The molecule has 0 atom stereocenters. The summed E-state index contributed by atoms with van der Waals surface area (Å²) in [5.41, 5.74) is -0.00637. The van der Waals surface area contributed by atoms with E-state index in [0.29, 0.717) is 57.1 Å². The van der Waals surface area contributed by atoms with Crippen molar-refractivity contribution in [1.29, 1.82) is 0 Å². The zero-order valence-electron chi connectivity index (χ0n) is 19.4. The molecule has 0 saturated carbocycles. The van der Waals surface area contributed by atoms with Crippen LogP contribution in [0.3, 0.4) is 0 Å². The van der Waals surface area contributed by atoms with E-state index < -0.39 is 22.8 Å². The van der Waals surface area contributed by atoms with E-state index in [-0.39, 0.29) is 18.1 Å². The number of fused-ring (bicyclic) bond motifs is 2. The number of nitrogens with zero attached hydrogens (tertiary/aromatic N) is 5. The smallest absolute Gasteiger partial charge is 0.296 e. The third kappa shape index (κ3) is 4.32. The predicted molar refractivity (Wildman–Crippen MR) is 123 cm³/mol. The molecule has 2 aliphatic rings. The number of carbonyl (C=O) groups excluding carboxylic acids is 1. The van der Waals surface area contributed by atoms with Gasteiger partial charge in [-0.1, -0.05) is 12.1 Å². The number of nitrogens with one attached hydrogen (secondary N) is 1. The van der Waals surface area contributed by atoms with Crippen molar-refractivity contribution in [3.8, 4) is 5.75 Å². The van der Waals surface area contributed by atoms with E-state index in [1.807, 2.05) is 19.3 Å². The van der Waals surface area contributed by atoms with Crippen molar-refractivity contribution in [2.45, 2.75) is 38.0 Å². The van der Waals surface area contributed by atoms with Gasteiger partial charge in [0.05, 0.1) is 11.2 Å². The quantitative estimate of drug-likeness (QED) is 0.563. The molecule has 2 aromatic heterocycles. The molecule has 1 aromatic carbocycles. The number of benzene rings is 1. The van der Waals surface area contributed by atoms with Gasteiger partial charge in [-0.3, -0.25) is 23.7 Å². The Labute approximate surface area is 201 Å². The van der Waals surface area contributed by atoms with Gasteiger partial charge in [0.15, 0.2) is 5.69 Å². The van der Waals surface area contributed by atoms with Crippen molar-refractivity contribution in [2.24, 2.45) is 7.05 Å². The third-order valence-corrected chi connectivity index (χ3v) is 6.78. The molecule has 1 spiro atoms. The molecule has 2 aliphatic heterocycles. The Morgan fingerprint density at radius 1 is 1.20 bits per heavy atom. The third-order valence-electron chi connectivity index (χ3n) is 6.78. The zero-order valence-corrected chi connectivity index (χ0v) is 19.4. The van der Waals surface area contributed by atoms with Crippen LogP contribution in [0, 0.1) is 5.82 Å². The van der Waals surface area contributed by atoms with E-state index in [9.17, 15) is 19.1 Å². The van der Waals surface area contributed by atoms with Crippen LogP contribution in [0.25, 0.3) is 0 Å². The Kier molecular flexibility index (Phi) is 6.12. The maximum atomic E-state index is 13.2. The molecule has 3 aromatic rings. The molecule has 4 heterocycles. The SMILES string of the molecule is Cn1ccc(CN2CCn3c(nc(C(=O)NCc4ccc(F)cc4)c(O)c3=O)C23CCOCC3)n1. The number of hydrogen-bond donors (Lipinski definition) is 2. The first kappa shape index (κ1) is 23.2. The number of aryl methyl sites for hydroxylation is 1. The topological polar surface area (TPSA) is 115 Å². The number of rotatable bonds is 5. The van der Waals surface area contributed by atoms with Crippen molar-refractivity contribution in [2.75, 3.05) is 19.8 Å². The highest BCUT2D eigenvalue weighted by Gasteiger charge is 2.47. The molecule has 2 N–H and O–H groups in total. The number of halogens is 1. The van der Waals surface area contributed by atoms with Crippen LogP contribution in [0.15, 0.2) is 41.3 Å². The maximum Gasteiger partial charge on any atom is 0.296 e. The molecule has 11 heteroatoms. The second-order valence-corrected chi connectivity index (χ2v) is 8.94. The number of aromatic nitrogens is 4. The molecule has 10 nitrogen and oxygen atoms in total. The Morgan fingerprint density at radius 2 is 1.94 bits per heavy atom. The van der Waals surface area contributed by atoms with Crippen molar-refractivity contribution < 1.29 is 19.0 Å². The standard InChI is InChI=1S/C24H27FN6O4/c1-29-9-6-18(28-29)15-30-10-11-31-22(34)20(32)19(27-23(31)24(30)7-12-35-13-8-24)21(33)26-14-16-2-4-17(25)5-3-16/h2-6,9,32H,7-8,10-15H2,1H3,(H,26,33). The second-order valence-electron chi connectivity index (χ2n) is 8.94. The van der Waals surface area contributed by atoms with Gasteiger partial charge in [-0.05, 0) is 36.6 Å². The van der Waals surface area contributed by atoms with Crippen molar-refractivity contribution in [1.82, 2.24) is 29.5 Å². The van der Waals surface area contributed by atoms with Gasteiger partial charge >= 0.3 is 0 Å². The van der Waals surface area contributed by atoms with Gasteiger partial charge in [-0.25, -0.2) is 9.37 Å². The van der Waals surface area contributed by atoms with Gasteiger partial charge < -0.3 is 15.2 Å². The van der Waals surface area contributed by atoms with Crippen LogP contribution >= 0.6 is 0 Å². The van der Waals surface area contributed by atoms with Gasteiger partial charge in [0.25, 0.3) is 11.5 Å². The lowest BCUT2D eigenvalue weighted by Crippen LogP contribution is -2.57. The average Bonchev–Trinajstić information content (AvgIpc) is 3.28. The maximum absolute atomic E-state index is 13.2. The summed E-state index contributed by atoms with van der Waals surface area (Å²) in [4.78, 5) is 33.0. The largest absolute Gasteiger partial charge is 0.501 e. The highest BCUT2D eigenvalue weighted by molar-refractivity contribution is 5.94. The van der Waals surface area contributed by atoms with Gasteiger partial charge in [0.2, 0.25) is 5.75 Å². The Balaban J connectivity index is 1.49. The molecule has 0 radical (unpaired) electrons. The van der Waals surface area contributed by atoms with Crippen molar-refractivity contribution >= 4 is 5.91 Å². The minimum absolute atomic E-state index is 0.101. The number of amides is 1. The monoisotopic (exact) mass is 482 g/mol. The molecule has 1 amide bonds. The Bertz CT molecular complexity index is 1300. The van der Waals surface area contributed by atoms with Crippen LogP contribution in [0.2, 0.25) is 0 Å². The predicted octanol–water partition coefficient (Wildman–Crippen LogP) is 1.27. The summed E-state index contributed by atoms with van der Waals surface area (Å²) in [6, 6.07) is 7.66. The van der Waals surface area contributed by atoms with E-state index in [0.717, 1.165) is 5.69 Å². The summed E-state index contributed by atoms with van der Waals surface area (Å²) < 4.78 is 22.0. The van der Waals surface area contributed by atoms with Crippen molar-refractivity contribution in [3.63, 3.8) is 0 Å². The van der Waals surface area contributed by atoms with E-state index in [1.165, 1.54) is 16.7 Å². The highest BCUT2D eigenvalue weighted by Crippen LogP contribution is 2.40. The highest BCUT2D eigenvalue weighted by atomic mass is 19.1. The van der Waals surface area contributed by atoms with Crippen LogP contribution in [0.5, 0.6) is 5.75 Å². The average molecular weight is 483 g/mol. The minimum atomic E-state index is -0.675. The molecule has 0 unspecified atom stereocenters. The van der Waals surface area contributed by atoms with Crippen LogP contribution in [-0.2, 0) is 37.0 Å². The number of hydrogen-bond acceptors (Lipinski definition) is 7. The van der Waals surface area contributed by atoms with Gasteiger partial charge in [0.1, 0.15) is 11.6 Å². The lowest BCUT2D eigenvalue weighted by Gasteiger charge is -2.49. The van der Waals surface area contributed by atoms with E-state index in [4.69, 9.17) is 4.74 Å². The molecule has 1 saturated heterocycles. The van der Waals surface area contributed by atoms with E-state index in [1.54, 1.807) is 16.8 Å². The van der Waals surface area contributed by atoms with Crippen LogP contribution in [-0.4, -0.2) is 55.0 Å². The molecular formula is C24H27FN6O4. The van der Waals surface area contributed by atoms with Crippen LogP contribution in [0.1, 0.15) is 40.4 Å². The first-order valence-corrected chi connectivity index (χ1v) is 11.6. The molecule has 0 bridgehead atoms. The molecule has 0 aliphatic carbocycles. The molecule has 1 fully saturated rings. The minimum Gasteiger partial charge on any atom is -0.501 e. The fraction of sp³-hybridized carbons (Fsp3) is 0.417. The molecule has 184 valence electrons. The van der Waals surface area contributed by atoms with Crippen LogP contribution in [0.4, 0.5) is 4.39 Å². The fourth-order valence-electron chi connectivity index (χ4n) is 4.93. The number of aromatic hydroxyl groups is 1. The molecular weight excluding hydrogens is 455 g/mol. The van der Waals surface area contributed by atoms with Crippen LogP contribution < -0.4 is 10.9 Å². The Morgan fingerprint density at radius 3 is 2.63 bits per heavy atom. The molecule has 5 rings (SSSR count). The Hall–Kier alpha value is -3.57. The second kappa shape index (κ2) is 9.23. The summed E-state index contributed by atoms with van der Waals surface area (Å²) in [7, 11) is 1.86. The zero-order chi connectivity index (χ0) is 24.6. The normalized spacial score (nSPS) is 17.3. The lowest BCUT2D eigenvalue weighted by molar-refractivity contribution is -0.0580. The summed E-state index contributed by atoms with van der Waals surface area (Å²) in [6.45, 7) is 2.54. The lowest BCUT2D eigenvalue weighted by atomic mass is 9.84. The first-order chi connectivity index (χ1) is 16.9. The molecule has 35 heavy (non-hydrogen) atoms. The van der Waals surface area contributed by atoms with E-state index in [2.05, 4.69) is 20.3 Å². The summed E-state index contributed by atoms with van der Waals surface area (Å²) >= 11 is 0. The summed E-state index contributed by atoms with van der Waals surface area (Å²) in [5.74, 6) is -1.26. The first-order valence-electron chi connectivity index (χ1n) is 11.6. The summed E-state index contributed by atoms with van der Waals surface area (Å²) in [5, 5.41) is 17.8. The van der Waals surface area contributed by atoms with Gasteiger partial charge in [0, 0.05) is 52.6 Å². The number of ether oxygens (including phenoxy) is 1. The summed E-state index contributed by atoms with van der Waals surface area (Å²) in [6.07, 6.45) is 3.07. The van der Waals surface area contributed by atoms with E-state index >= 15 is 0 Å². The fourth-order valence-corrected chi connectivity index (χ4v) is 4.93. The van der Waals surface area contributed by atoms with Gasteiger partial charge in [-0.2, -0.15) is 5.10 Å².